The fourth-order valence-corrected chi connectivity index (χ4v) is 2.98. The number of carbonyl (C=O) groups excluding carboxylic acids is 1. The van der Waals surface area contributed by atoms with E-state index in [4.69, 9.17) is 4.74 Å². The maximum Gasteiger partial charge on any atom is 0.254 e. The molecule has 0 spiro atoms. The molecule has 0 bridgehead atoms. The van der Waals surface area contributed by atoms with E-state index in [-0.39, 0.29) is 11.5 Å². The van der Waals surface area contributed by atoms with Gasteiger partial charge in [0.25, 0.3) is 11.5 Å². The summed E-state index contributed by atoms with van der Waals surface area (Å²) in [7, 11) is 1.69. The van der Waals surface area contributed by atoms with Crippen LogP contribution in [0.5, 0.6) is 0 Å². The standard InChI is InChI=1S/C16H20N2O3/c1-18-9-14(12-5-2-6-13(12)16(18)20)15(19)17-8-11-4-3-7-21-10-11/h2,5,9,11H,3-4,6-8,10H2,1H3,(H,17,19). The molecule has 1 aromatic heterocycles. The van der Waals surface area contributed by atoms with Crippen LogP contribution in [0.15, 0.2) is 17.1 Å². The zero-order valence-electron chi connectivity index (χ0n) is 12.2. The SMILES string of the molecule is Cn1cc(C(=O)NCC2CCCOC2)c2c(c1=O)CC=C2. The van der Waals surface area contributed by atoms with Crippen molar-refractivity contribution < 1.29 is 9.53 Å². The highest BCUT2D eigenvalue weighted by atomic mass is 16.5. The van der Waals surface area contributed by atoms with Gasteiger partial charge in [-0.05, 0) is 30.7 Å². The Morgan fingerprint density at radius 3 is 3.14 bits per heavy atom. The van der Waals surface area contributed by atoms with Crippen LogP contribution in [0.3, 0.4) is 0 Å². The van der Waals surface area contributed by atoms with Gasteiger partial charge >= 0.3 is 0 Å². The van der Waals surface area contributed by atoms with Crippen molar-refractivity contribution in [2.24, 2.45) is 13.0 Å². The van der Waals surface area contributed by atoms with Crippen LogP contribution < -0.4 is 10.9 Å². The summed E-state index contributed by atoms with van der Waals surface area (Å²) < 4.78 is 6.91. The van der Waals surface area contributed by atoms with Crippen molar-refractivity contribution in [2.45, 2.75) is 19.3 Å². The highest BCUT2D eigenvalue weighted by molar-refractivity contribution is 5.98. The van der Waals surface area contributed by atoms with Crippen molar-refractivity contribution in [3.63, 3.8) is 0 Å². The Labute approximate surface area is 123 Å². The molecule has 112 valence electrons. The molecule has 5 nitrogen and oxygen atoms in total. The molecule has 1 N–H and O–H groups in total. The number of carbonyl (C=O) groups is 1. The molecule has 1 aromatic rings. The average Bonchev–Trinajstić information content (AvgIpc) is 2.99. The zero-order valence-corrected chi connectivity index (χ0v) is 12.2. The summed E-state index contributed by atoms with van der Waals surface area (Å²) >= 11 is 0. The lowest BCUT2D eigenvalue weighted by atomic mass is 10.0. The number of aromatic nitrogens is 1. The first-order chi connectivity index (χ1) is 10.2. The van der Waals surface area contributed by atoms with Gasteiger partial charge in [0.2, 0.25) is 0 Å². The van der Waals surface area contributed by atoms with E-state index in [1.165, 1.54) is 4.57 Å². The van der Waals surface area contributed by atoms with E-state index >= 15 is 0 Å². The maximum atomic E-state index is 12.4. The van der Waals surface area contributed by atoms with E-state index in [0.717, 1.165) is 25.0 Å². The van der Waals surface area contributed by atoms with Crippen LogP contribution in [0, 0.1) is 5.92 Å². The van der Waals surface area contributed by atoms with Crippen LogP contribution in [-0.4, -0.2) is 30.2 Å². The van der Waals surface area contributed by atoms with Crippen molar-refractivity contribution in [2.75, 3.05) is 19.8 Å². The van der Waals surface area contributed by atoms with Gasteiger partial charge in [0.15, 0.2) is 0 Å². The molecule has 0 saturated carbocycles. The van der Waals surface area contributed by atoms with Gasteiger partial charge in [0, 0.05) is 32.0 Å². The van der Waals surface area contributed by atoms with E-state index in [1.54, 1.807) is 13.2 Å². The number of fused-ring (bicyclic) bond motifs is 1. The van der Waals surface area contributed by atoms with Crippen LogP contribution in [0.4, 0.5) is 0 Å². The van der Waals surface area contributed by atoms with Crippen molar-refractivity contribution >= 4 is 12.0 Å². The Hall–Kier alpha value is -1.88. The second kappa shape index (κ2) is 5.85. The topological polar surface area (TPSA) is 60.3 Å². The van der Waals surface area contributed by atoms with Crippen molar-refractivity contribution in [1.29, 1.82) is 0 Å². The predicted octanol–water partition coefficient (Wildman–Crippen LogP) is 1.11. The first-order valence-electron chi connectivity index (χ1n) is 7.42. The molecule has 5 heteroatoms. The molecule has 1 unspecified atom stereocenters. The van der Waals surface area contributed by atoms with Crippen LogP contribution in [-0.2, 0) is 18.2 Å². The highest BCUT2D eigenvalue weighted by Gasteiger charge is 2.21. The minimum absolute atomic E-state index is 0.0211. The number of nitrogens with zero attached hydrogens (tertiary/aromatic N) is 1. The summed E-state index contributed by atoms with van der Waals surface area (Å²) in [6.45, 7) is 2.16. The molecular formula is C16H20N2O3. The smallest absolute Gasteiger partial charge is 0.254 e. The van der Waals surface area contributed by atoms with E-state index in [1.807, 2.05) is 12.2 Å². The summed E-state index contributed by atoms with van der Waals surface area (Å²) in [4.78, 5) is 24.4. The lowest BCUT2D eigenvalue weighted by molar-refractivity contribution is 0.0536. The van der Waals surface area contributed by atoms with Crippen molar-refractivity contribution in [3.05, 3.63) is 39.3 Å². The summed E-state index contributed by atoms with van der Waals surface area (Å²) in [5, 5.41) is 2.98. The quantitative estimate of drug-likeness (QED) is 0.906. The molecule has 0 radical (unpaired) electrons. The lowest BCUT2D eigenvalue weighted by Gasteiger charge is -2.22. The van der Waals surface area contributed by atoms with Crippen LogP contribution in [0.2, 0.25) is 0 Å². The molecule has 0 aromatic carbocycles. The maximum absolute atomic E-state index is 12.4. The Morgan fingerprint density at radius 1 is 1.52 bits per heavy atom. The molecule has 1 aliphatic carbocycles. The van der Waals surface area contributed by atoms with Gasteiger partial charge in [-0.2, -0.15) is 0 Å². The van der Waals surface area contributed by atoms with Gasteiger partial charge in [0.05, 0.1) is 12.2 Å². The Kier molecular flexibility index (Phi) is 3.92. The van der Waals surface area contributed by atoms with Gasteiger partial charge in [-0.25, -0.2) is 0 Å². The molecule has 2 heterocycles. The number of allylic oxidation sites excluding steroid dienone is 1. The highest BCUT2D eigenvalue weighted by Crippen LogP contribution is 2.20. The number of rotatable bonds is 3. The van der Waals surface area contributed by atoms with Crippen LogP contribution in [0.1, 0.15) is 34.3 Å². The monoisotopic (exact) mass is 288 g/mol. The van der Waals surface area contributed by atoms with Crippen molar-refractivity contribution in [3.8, 4) is 0 Å². The van der Waals surface area contributed by atoms with Crippen LogP contribution >= 0.6 is 0 Å². The number of amides is 1. The number of pyridine rings is 1. The normalized spacial score (nSPS) is 20.3. The largest absolute Gasteiger partial charge is 0.381 e. The molecule has 2 aliphatic rings. The summed E-state index contributed by atoms with van der Waals surface area (Å²) in [5.41, 5.74) is 2.05. The Morgan fingerprint density at radius 2 is 2.38 bits per heavy atom. The second-order valence-electron chi connectivity index (χ2n) is 5.75. The summed E-state index contributed by atoms with van der Waals surface area (Å²) in [6.07, 6.45) is 8.18. The number of hydrogen-bond donors (Lipinski definition) is 1. The molecule has 1 atom stereocenters. The Balaban J connectivity index is 1.76. The van der Waals surface area contributed by atoms with Gasteiger partial charge in [0.1, 0.15) is 0 Å². The number of ether oxygens (including phenoxy) is 1. The minimum Gasteiger partial charge on any atom is -0.381 e. The second-order valence-corrected chi connectivity index (χ2v) is 5.75. The Bertz CT molecular complexity index is 640. The molecule has 1 amide bonds. The van der Waals surface area contributed by atoms with Crippen molar-refractivity contribution in [1.82, 2.24) is 9.88 Å². The van der Waals surface area contributed by atoms with Gasteiger partial charge in [-0.3, -0.25) is 9.59 Å². The van der Waals surface area contributed by atoms with E-state index in [2.05, 4.69) is 5.32 Å². The molecule has 1 fully saturated rings. The summed E-state index contributed by atoms with van der Waals surface area (Å²) in [5.74, 6) is 0.276. The summed E-state index contributed by atoms with van der Waals surface area (Å²) in [6, 6.07) is 0. The van der Waals surface area contributed by atoms with Gasteiger partial charge in [-0.15, -0.1) is 0 Å². The number of aryl methyl sites for hydroxylation is 1. The molecule has 21 heavy (non-hydrogen) atoms. The third-order valence-electron chi connectivity index (χ3n) is 4.17. The van der Waals surface area contributed by atoms with E-state index in [0.29, 0.717) is 36.6 Å². The van der Waals surface area contributed by atoms with Gasteiger partial charge < -0.3 is 14.6 Å². The zero-order chi connectivity index (χ0) is 14.8. The third kappa shape index (κ3) is 2.78. The molecule has 1 saturated heterocycles. The number of hydrogen-bond acceptors (Lipinski definition) is 3. The average molecular weight is 288 g/mol. The third-order valence-corrected chi connectivity index (χ3v) is 4.17. The predicted molar refractivity (Wildman–Crippen MR) is 80.3 cm³/mol. The van der Waals surface area contributed by atoms with Crippen LogP contribution in [0.25, 0.3) is 6.08 Å². The minimum atomic E-state index is -0.112. The van der Waals surface area contributed by atoms with E-state index in [9.17, 15) is 9.59 Å². The fraction of sp³-hybridized carbons (Fsp3) is 0.500. The van der Waals surface area contributed by atoms with Gasteiger partial charge in [-0.1, -0.05) is 12.2 Å². The first kappa shape index (κ1) is 14.1. The molecule has 3 rings (SSSR count). The molecule has 1 aliphatic heterocycles. The van der Waals surface area contributed by atoms with E-state index < -0.39 is 0 Å². The first-order valence-corrected chi connectivity index (χ1v) is 7.42. The lowest BCUT2D eigenvalue weighted by Crippen LogP contribution is -2.34. The molecular weight excluding hydrogens is 268 g/mol. The number of nitrogens with one attached hydrogen (secondary N) is 1. The fourth-order valence-electron chi connectivity index (χ4n) is 2.98.